The number of benzene rings is 1. The number of H-pyrrole nitrogens is 1. The third-order valence-corrected chi connectivity index (χ3v) is 7.73. The minimum absolute atomic E-state index is 0.334. The van der Waals surface area contributed by atoms with E-state index in [-0.39, 0.29) is 11.4 Å². The molecule has 0 spiro atoms. The maximum absolute atomic E-state index is 15.0. The first-order valence-corrected chi connectivity index (χ1v) is 11.9. The van der Waals surface area contributed by atoms with Gasteiger partial charge in [0.1, 0.15) is 22.8 Å². The fourth-order valence-electron chi connectivity index (χ4n) is 5.46. The van der Waals surface area contributed by atoms with E-state index in [1.807, 2.05) is 31.2 Å². The van der Waals surface area contributed by atoms with Crippen LogP contribution in [0.4, 0.5) is 4.39 Å². The summed E-state index contributed by atoms with van der Waals surface area (Å²) in [7, 11) is 0. The first kappa shape index (κ1) is 21.7. The van der Waals surface area contributed by atoms with Crippen LogP contribution in [0.1, 0.15) is 44.2 Å². The van der Waals surface area contributed by atoms with Crippen LogP contribution in [0.3, 0.4) is 0 Å². The minimum Gasteiger partial charge on any atom is -0.481 e. The topological polar surface area (TPSA) is 101 Å². The van der Waals surface area contributed by atoms with Gasteiger partial charge in [0.25, 0.3) is 0 Å². The van der Waals surface area contributed by atoms with Gasteiger partial charge >= 0.3 is 5.97 Å². The highest BCUT2D eigenvalue weighted by molar-refractivity contribution is 5.77. The number of aryl methyl sites for hydroxylation is 1. The molecule has 8 heteroatoms. The van der Waals surface area contributed by atoms with Crippen molar-refractivity contribution in [1.29, 1.82) is 0 Å². The summed E-state index contributed by atoms with van der Waals surface area (Å²) >= 11 is 0. The minimum atomic E-state index is -0.682. The molecule has 4 aromatic rings. The van der Waals surface area contributed by atoms with E-state index in [4.69, 9.17) is 4.74 Å². The number of nitrogens with one attached hydrogen (secondary N) is 1. The van der Waals surface area contributed by atoms with Crippen molar-refractivity contribution in [2.45, 2.75) is 51.0 Å². The molecule has 3 saturated carbocycles. The Morgan fingerprint density at radius 1 is 1.00 bits per heavy atom. The van der Waals surface area contributed by atoms with Gasteiger partial charge in [-0.15, -0.1) is 0 Å². The predicted molar refractivity (Wildman–Crippen MR) is 128 cm³/mol. The Kier molecular flexibility index (Phi) is 4.88. The Labute approximate surface area is 201 Å². The summed E-state index contributed by atoms with van der Waals surface area (Å²) in [5.41, 5.74) is 3.14. The Morgan fingerprint density at radius 2 is 1.74 bits per heavy atom. The largest absolute Gasteiger partial charge is 0.481 e. The first-order chi connectivity index (χ1) is 16.8. The standard InChI is InChI=1S/C27H25FN4O3/c1-16-2-6-21-24(30-16)32-23(31-21)19-5-3-17(14-20(19)28)18-4-7-22(29-15-18)35-27-11-8-26(9-12-27,10-13-27)25(33)34/h2-7,14-15H,8-13H2,1H3,(H,33,34)(H,30,31,32). The van der Waals surface area contributed by atoms with E-state index in [1.165, 1.54) is 6.07 Å². The average molecular weight is 473 g/mol. The number of carboxylic acids is 1. The molecule has 0 unspecified atom stereocenters. The van der Waals surface area contributed by atoms with Crippen molar-refractivity contribution >= 4 is 17.1 Å². The molecule has 3 heterocycles. The van der Waals surface area contributed by atoms with Crippen LogP contribution >= 0.6 is 0 Å². The Balaban J connectivity index is 1.19. The van der Waals surface area contributed by atoms with Crippen LogP contribution in [-0.2, 0) is 4.79 Å². The van der Waals surface area contributed by atoms with E-state index in [9.17, 15) is 9.90 Å². The molecule has 3 aliphatic carbocycles. The first-order valence-electron chi connectivity index (χ1n) is 11.9. The molecule has 0 saturated heterocycles. The van der Waals surface area contributed by atoms with Crippen molar-refractivity contribution in [2.75, 3.05) is 0 Å². The van der Waals surface area contributed by atoms with Crippen LogP contribution in [0.25, 0.3) is 33.7 Å². The summed E-state index contributed by atoms with van der Waals surface area (Å²) in [5.74, 6) is -0.113. The molecule has 35 heavy (non-hydrogen) atoms. The lowest BCUT2D eigenvalue weighted by Gasteiger charge is -2.50. The van der Waals surface area contributed by atoms with E-state index in [1.54, 1.807) is 18.3 Å². The van der Waals surface area contributed by atoms with Crippen molar-refractivity contribution in [2.24, 2.45) is 5.41 Å². The molecule has 7 nitrogen and oxygen atoms in total. The lowest BCUT2D eigenvalue weighted by atomic mass is 9.58. The normalized spacial score (nSPS) is 23.5. The number of rotatable bonds is 5. The molecule has 0 atom stereocenters. The van der Waals surface area contributed by atoms with Crippen molar-refractivity contribution < 1.29 is 19.0 Å². The smallest absolute Gasteiger partial charge is 0.309 e. The second kappa shape index (κ2) is 7.86. The van der Waals surface area contributed by atoms with E-state index in [2.05, 4.69) is 19.9 Å². The number of aromatic amines is 1. The van der Waals surface area contributed by atoms with Crippen molar-refractivity contribution in [1.82, 2.24) is 19.9 Å². The highest BCUT2D eigenvalue weighted by Gasteiger charge is 2.54. The number of ether oxygens (including phenoxy) is 1. The van der Waals surface area contributed by atoms with Gasteiger partial charge in [-0.3, -0.25) is 4.79 Å². The van der Waals surface area contributed by atoms with Crippen molar-refractivity contribution in [3.63, 3.8) is 0 Å². The number of nitrogens with zero attached hydrogens (tertiary/aromatic N) is 3. The van der Waals surface area contributed by atoms with Crippen LogP contribution in [0.2, 0.25) is 0 Å². The summed E-state index contributed by atoms with van der Waals surface area (Å²) in [6.07, 6.45) is 5.80. The van der Waals surface area contributed by atoms with E-state index in [0.717, 1.165) is 30.5 Å². The third-order valence-electron chi connectivity index (χ3n) is 7.73. The second-order valence-corrected chi connectivity index (χ2v) is 9.86. The molecule has 0 radical (unpaired) electrons. The predicted octanol–water partition coefficient (Wildman–Crippen LogP) is 5.69. The zero-order chi connectivity index (χ0) is 24.2. The zero-order valence-electron chi connectivity index (χ0n) is 19.3. The molecule has 2 N–H and O–H groups in total. The van der Waals surface area contributed by atoms with Crippen LogP contribution in [0, 0.1) is 18.2 Å². The van der Waals surface area contributed by atoms with Gasteiger partial charge in [-0.1, -0.05) is 6.07 Å². The SMILES string of the molecule is Cc1ccc2nc(-c3ccc(-c4ccc(OC56CCC(C(=O)O)(CC5)CC6)nc4)cc3F)[nH]c2n1. The van der Waals surface area contributed by atoms with E-state index < -0.39 is 11.4 Å². The molecule has 3 aromatic heterocycles. The molecule has 1 aromatic carbocycles. The van der Waals surface area contributed by atoms with Gasteiger partial charge in [0.15, 0.2) is 5.65 Å². The van der Waals surface area contributed by atoms with Crippen LogP contribution in [0.5, 0.6) is 5.88 Å². The summed E-state index contributed by atoms with van der Waals surface area (Å²) in [4.78, 5) is 28.1. The molecular formula is C27H25FN4O3. The molecule has 7 rings (SSSR count). The molecule has 0 aliphatic heterocycles. The highest BCUT2D eigenvalue weighted by Crippen LogP contribution is 2.53. The van der Waals surface area contributed by atoms with Crippen molar-refractivity contribution in [3.05, 3.63) is 60.2 Å². The molecule has 3 aliphatic rings. The zero-order valence-corrected chi connectivity index (χ0v) is 19.3. The molecule has 0 amide bonds. The monoisotopic (exact) mass is 472 g/mol. The Morgan fingerprint density at radius 3 is 2.40 bits per heavy atom. The van der Waals surface area contributed by atoms with Gasteiger partial charge in [0, 0.05) is 23.5 Å². The number of carboxylic acid groups (broad SMARTS) is 1. The maximum atomic E-state index is 15.0. The Bertz CT molecular complexity index is 1420. The molecule has 3 fully saturated rings. The van der Waals surface area contributed by atoms with Gasteiger partial charge in [0.2, 0.25) is 5.88 Å². The summed E-state index contributed by atoms with van der Waals surface area (Å²) in [5, 5.41) is 9.58. The number of fused-ring (bicyclic) bond motifs is 4. The van der Waals surface area contributed by atoms with E-state index >= 15 is 4.39 Å². The van der Waals surface area contributed by atoms with E-state index in [0.29, 0.717) is 53.3 Å². The number of hydrogen-bond donors (Lipinski definition) is 2. The molecule has 178 valence electrons. The number of imidazole rings is 1. The number of aromatic nitrogens is 4. The number of carbonyl (C=O) groups is 1. The molecule has 2 bridgehead atoms. The van der Waals surface area contributed by atoms with Gasteiger partial charge in [-0.05, 0) is 81.3 Å². The van der Waals surface area contributed by atoms with Gasteiger partial charge < -0.3 is 14.8 Å². The maximum Gasteiger partial charge on any atom is 0.309 e. The van der Waals surface area contributed by atoms with Gasteiger partial charge in [-0.2, -0.15) is 0 Å². The Hall–Kier alpha value is -3.81. The van der Waals surface area contributed by atoms with Crippen LogP contribution in [0.15, 0.2) is 48.7 Å². The lowest BCUT2D eigenvalue weighted by molar-refractivity contribution is -0.162. The average Bonchev–Trinajstić information content (AvgIpc) is 3.28. The fraction of sp³-hybridized carbons (Fsp3) is 0.333. The third kappa shape index (κ3) is 3.73. The summed E-state index contributed by atoms with van der Waals surface area (Å²) < 4.78 is 21.3. The number of pyridine rings is 2. The van der Waals surface area contributed by atoms with Crippen LogP contribution in [-0.4, -0.2) is 36.6 Å². The van der Waals surface area contributed by atoms with Gasteiger partial charge in [-0.25, -0.2) is 19.3 Å². The second-order valence-electron chi connectivity index (χ2n) is 9.86. The summed E-state index contributed by atoms with van der Waals surface area (Å²) in [6, 6.07) is 12.4. The van der Waals surface area contributed by atoms with Gasteiger partial charge in [0.05, 0.1) is 11.0 Å². The molecular weight excluding hydrogens is 447 g/mol. The summed E-state index contributed by atoms with van der Waals surface area (Å²) in [6.45, 7) is 1.90. The van der Waals surface area contributed by atoms with Crippen molar-refractivity contribution in [3.8, 4) is 28.4 Å². The number of hydrogen-bond acceptors (Lipinski definition) is 5. The number of halogens is 1. The highest BCUT2D eigenvalue weighted by atomic mass is 19.1. The quantitative estimate of drug-likeness (QED) is 0.387. The fourth-order valence-corrected chi connectivity index (χ4v) is 5.46. The van der Waals surface area contributed by atoms with Crippen LogP contribution < -0.4 is 4.74 Å². The number of aliphatic carboxylic acids is 1. The lowest BCUT2D eigenvalue weighted by Crippen LogP contribution is -2.52.